The van der Waals surface area contributed by atoms with Gasteiger partial charge in [0.05, 0.1) is 15.6 Å². The lowest BCUT2D eigenvalue weighted by Crippen LogP contribution is -2.31. The van der Waals surface area contributed by atoms with Crippen molar-refractivity contribution in [3.05, 3.63) is 22.7 Å². The molecule has 3 unspecified atom stereocenters. The third kappa shape index (κ3) is 2.91. The quantitative estimate of drug-likeness (QED) is 0.835. The number of rotatable bonds is 4. The molecule has 116 valence electrons. The number of sulfonamides is 1. The van der Waals surface area contributed by atoms with Crippen LogP contribution in [0.4, 0.5) is 5.69 Å². The molecular weight excluding hydrogens is 308 g/mol. The van der Waals surface area contributed by atoms with E-state index in [1.807, 2.05) is 0 Å². The maximum absolute atomic E-state index is 12.4. The Bertz CT molecular complexity index is 637. The van der Waals surface area contributed by atoms with Gasteiger partial charge in [-0.3, -0.25) is 0 Å². The fourth-order valence-corrected chi connectivity index (χ4v) is 5.17. The zero-order valence-corrected chi connectivity index (χ0v) is 13.7. The Morgan fingerprint density at radius 2 is 2.10 bits per heavy atom. The van der Waals surface area contributed by atoms with E-state index in [9.17, 15) is 8.42 Å². The average Bonchev–Trinajstić information content (AvgIpc) is 3.04. The van der Waals surface area contributed by atoms with Crippen molar-refractivity contribution in [3.8, 4) is 0 Å². The number of nitrogen functional groups attached to an aromatic ring is 1. The van der Waals surface area contributed by atoms with Crippen molar-refractivity contribution in [1.29, 1.82) is 0 Å². The van der Waals surface area contributed by atoms with Crippen LogP contribution in [0.5, 0.6) is 0 Å². The van der Waals surface area contributed by atoms with E-state index in [1.165, 1.54) is 25.3 Å². The lowest BCUT2D eigenvalue weighted by Gasteiger charge is -2.22. The van der Waals surface area contributed by atoms with Gasteiger partial charge in [-0.1, -0.05) is 18.0 Å². The van der Waals surface area contributed by atoms with Crippen molar-refractivity contribution in [3.63, 3.8) is 0 Å². The summed E-state index contributed by atoms with van der Waals surface area (Å²) in [4.78, 5) is 0.199. The molecule has 3 atom stereocenters. The Kier molecular flexibility index (Phi) is 3.93. The van der Waals surface area contributed by atoms with E-state index in [0.29, 0.717) is 34.7 Å². The van der Waals surface area contributed by atoms with Crippen LogP contribution in [0.2, 0.25) is 5.02 Å². The fourth-order valence-electron chi connectivity index (χ4n) is 3.84. The second-order valence-electron chi connectivity index (χ2n) is 6.43. The van der Waals surface area contributed by atoms with Crippen LogP contribution in [0.25, 0.3) is 0 Å². The summed E-state index contributed by atoms with van der Waals surface area (Å²) in [6.07, 6.45) is 5.01. The van der Waals surface area contributed by atoms with Gasteiger partial charge in [-0.05, 0) is 61.6 Å². The Morgan fingerprint density at radius 1 is 1.33 bits per heavy atom. The van der Waals surface area contributed by atoms with Crippen molar-refractivity contribution in [2.45, 2.75) is 37.5 Å². The van der Waals surface area contributed by atoms with Crippen molar-refractivity contribution < 1.29 is 8.42 Å². The summed E-state index contributed by atoms with van der Waals surface area (Å²) >= 11 is 5.98. The number of fused-ring (bicyclic) bond motifs is 2. The van der Waals surface area contributed by atoms with Crippen molar-refractivity contribution in [2.75, 3.05) is 12.3 Å². The number of benzene rings is 1. The summed E-state index contributed by atoms with van der Waals surface area (Å²) in [6.45, 7) is 2.29. The minimum absolute atomic E-state index is 0.199. The van der Waals surface area contributed by atoms with Crippen LogP contribution >= 0.6 is 11.6 Å². The van der Waals surface area contributed by atoms with Gasteiger partial charge in [-0.25, -0.2) is 13.1 Å². The SMILES string of the molecule is Cc1cc(S(=O)(=O)NCC2CC3CCC2C3)cc(N)c1Cl. The Labute approximate surface area is 131 Å². The predicted octanol–water partition coefficient (Wildman–Crippen LogP) is 2.95. The average molecular weight is 329 g/mol. The molecule has 3 rings (SSSR count). The maximum Gasteiger partial charge on any atom is 0.240 e. The summed E-state index contributed by atoms with van der Waals surface area (Å²) in [6, 6.07) is 3.00. The van der Waals surface area contributed by atoms with Crippen molar-refractivity contribution in [2.24, 2.45) is 17.8 Å². The highest BCUT2D eigenvalue weighted by Crippen LogP contribution is 2.48. The van der Waals surface area contributed by atoms with Gasteiger partial charge < -0.3 is 5.73 Å². The van der Waals surface area contributed by atoms with E-state index in [-0.39, 0.29) is 4.90 Å². The van der Waals surface area contributed by atoms with Crippen LogP contribution in [-0.2, 0) is 10.0 Å². The van der Waals surface area contributed by atoms with Gasteiger partial charge in [0.25, 0.3) is 0 Å². The van der Waals surface area contributed by atoms with Crippen LogP contribution in [0.3, 0.4) is 0 Å². The first-order chi connectivity index (χ1) is 9.87. The maximum atomic E-state index is 12.4. The third-order valence-corrected chi connectivity index (χ3v) is 6.91. The van der Waals surface area contributed by atoms with E-state index in [4.69, 9.17) is 17.3 Å². The van der Waals surface area contributed by atoms with E-state index in [1.54, 1.807) is 13.0 Å². The van der Waals surface area contributed by atoms with Crippen LogP contribution in [0.15, 0.2) is 17.0 Å². The summed E-state index contributed by atoms with van der Waals surface area (Å²) in [5.74, 6) is 2.01. The number of nitrogens with two attached hydrogens (primary N) is 1. The highest BCUT2D eigenvalue weighted by Gasteiger charge is 2.39. The van der Waals surface area contributed by atoms with Crippen LogP contribution in [0.1, 0.15) is 31.2 Å². The summed E-state index contributed by atoms with van der Waals surface area (Å²) in [5, 5.41) is 0.419. The van der Waals surface area contributed by atoms with Crippen molar-refractivity contribution >= 4 is 27.3 Å². The number of hydrogen-bond donors (Lipinski definition) is 2. The molecule has 3 N–H and O–H groups in total. The number of hydrogen-bond acceptors (Lipinski definition) is 3. The largest absolute Gasteiger partial charge is 0.397 e. The third-order valence-electron chi connectivity index (χ3n) is 4.99. The summed E-state index contributed by atoms with van der Waals surface area (Å²) < 4.78 is 27.6. The lowest BCUT2D eigenvalue weighted by atomic mass is 9.89. The molecule has 2 fully saturated rings. The molecule has 0 spiro atoms. The molecule has 0 radical (unpaired) electrons. The molecule has 0 aliphatic heterocycles. The molecule has 2 bridgehead atoms. The number of halogens is 1. The smallest absolute Gasteiger partial charge is 0.240 e. The first-order valence-electron chi connectivity index (χ1n) is 7.42. The number of aryl methyl sites for hydroxylation is 1. The number of anilines is 1. The van der Waals surface area contributed by atoms with Gasteiger partial charge in [0, 0.05) is 6.54 Å². The Hall–Kier alpha value is -0.780. The van der Waals surface area contributed by atoms with Crippen LogP contribution in [0, 0.1) is 24.7 Å². The van der Waals surface area contributed by atoms with Gasteiger partial charge in [-0.2, -0.15) is 0 Å². The molecule has 21 heavy (non-hydrogen) atoms. The molecule has 0 amide bonds. The fraction of sp³-hybridized carbons (Fsp3) is 0.600. The van der Waals surface area contributed by atoms with E-state index in [0.717, 1.165) is 12.3 Å². The standard InChI is InChI=1S/C15H21ClN2O2S/c1-9-4-13(7-14(17)15(9)16)21(19,20)18-8-12-6-10-2-3-11(12)5-10/h4,7,10-12,18H,2-3,5-6,8,17H2,1H3. The lowest BCUT2D eigenvalue weighted by molar-refractivity contribution is 0.333. The van der Waals surface area contributed by atoms with Crippen molar-refractivity contribution in [1.82, 2.24) is 4.72 Å². The highest BCUT2D eigenvalue weighted by molar-refractivity contribution is 7.89. The van der Waals surface area contributed by atoms with Gasteiger partial charge in [0.15, 0.2) is 0 Å². The zero-order chi connectivity index (χ0) is 15.2. The number of nitrogens with one attached hydrogen (secondary N) is 1. The molecule has 0 heterocycles. The van der Waals surface area contributed by atoms with Gasteiger partial charge in [-0.15, -0.1) is 0 Å². The van der Waals surface area contributed by atoms with Crippen LogP contribution in [-0.4, -0.2) is 15.0 Å². The molecule has 0 aromatic heterocycles. The molecule has 0 saturated heterocycles. The minimum Gasteiger partial charge on any atom is -0.397 e. The Balaban J connectivity index is 1.72. The van der Waals surface area contributed by atoms with Crippen LogP contribution < -0.4 is 10.5 Å². The monoisotopic (exact) mass is 328 g/mol. The molecule has 2 aliphatic rings. The predicted molar refractivity (Wildman–Crippen MR) is 84.7 cm³/mol. The highest BCUT2D eigenvalue weighted by atomic mass is 35.5. The molecule has 2 saturated carbocycles. The van der Waals surface area contributed by atoms with Gasteiger partial charge in [0.1, 0.15) is 0 Å². The first-order valence-corrected chi connectivity index (χ1v) is 9.28. The summed E-state index contributed by atoms with van der Waals surface area (Å²) in [7, 11) is -3.51. The minimum atomic E-state index is -3.51. The van der Waals surface area contributed by atoms with Gasteiger partial charge in [0.2, 0.25) is 10.0 Å². The van der Waals surface area contributed by atoms with Gasteiger partial charge >= 0.3 is 0 Å². The Morgan fingerprint density at radius 3 is 2.67 bits per heavy atom. The second-order valence-corrected chi connectivity index (χ2v) is 8.58. The molecule has 1 aromatic rings. The molecule has 6 heteroatoms. The molecule has 1 aromatic carbocycles. The second kappa shape index (κ2) is 5.45. The normalized spacial score (nSPS) is 28.2. The van der Waals surface area contributed by atoms with E-state index < -0.39 is 10.0 Å². The zero-order valence-electron chi connectivity index (χ0n) is 12.1. The molecule has 4 nitrogen and oxygen atoms in total. The molecular formula is C15H21ClN2O2S. The van der Waals surface area contributed by atoms with E-state index in [2.05, 4.69) is 4.72 Å². The molecule has 2 aliphatic carbocycles. The summed E-state index contributed by atoms with van der Waals surface area (Å²) in [5.41, 5.74) is 6.74. The van der Waals surface area contributed by atoms with E-state index >= 15 is 0 Å². The first kappa shape index (κ1) is 15.1. The topological polar surface area (TPSA) is 72.2 Å².